The summed E-state index contributed by atoms with van der Waals surface area (Å²) < 4.78 is 40.6. The third-order valence-electron chi connectivity index (χ3n) is 2.31. The molecule has 1 heterocycles. The number of para-hydroxylation sites is 1. The van der Waals surface area contributed by atoms with Gasteiger partial charge in [-0.1, -0.05) is 18.2 Å². The molecule has 19 heavy (non-hydrogen) atoms. The molecule has 2 aromatic rings. The van der Waals surface area contributed by atoms with Crippen molar-refractivity contribution in [1.29, 1.82) is 0 Å². The first-order chi connectivity index (χ1) is 8.87. The number of ether oxygens (including phenoxy) is 1. The molecule has 0 saturated carbocycles. The number of aromatic nitrogens is 1. The van der Waals surface area contributed by atoms with Gasteiger partial charge in [0.15, 0.2) is 6.61 Å². The zero-order chi connectivity index (χ0) is 14.0. The molecule has 0 amide bonds. The Morgan fingerprint density at radius 1 is 1.32 bits per heavy atom. The molecule has 1 N–H and O–H groups in total. The van der Waals surface area contributed by atoms with Crippen LogP contribution in [-0.4, -0.2) is 28.8 Å². The van der Waals surface area contributed by atoms with Gasteiger partial charge in [0.2, 0.25) is 5.88 Å². The summed E-state index contributed by atoms with van der Waals surface area (Å²) in [6.07, 6.45) is -4.50. The van der Waals surface area contributed by atoms with Crippen molar-refractivity contribution in [2.24, 2.45) is 0 Å². The number of hydrogen-bond acceptors (Lipinski definition) is 3. The van der Waals surface area contributed by atoms with Crippen LogP contribution in [0.3, 0.4) is 0 Å². The molecule has 0 saturated heterocycles. The zero-order valence-electron chi connectivity index (χ0n) is 9.44. The summed E-state index contributed by atoms with van der Waals surface area (Å²) in [6, 6.07) is 7.24. The summed E-state index contributed by atoms with van der Waals surface area (Å²) >= 11 is 0. The van der Waals surface area contributed by atoms with Crippen LogP contribution in [0.4, 0.5) is 13.2 Å². The number of carboxylic acid groups (broad SMARTS) is 1. The third-order valence-corrected chi connectivity index (χ3v) is 2.31. The second-order valence-corrected chi connectivity index (χ2v) is 3.73. The van der Waals surface area contributed by atoms with Gasteiger partial charge in [-0.2, -0.15) is 13.2 Å². The number of nitrogens with zero attached hydrogens (tertiary/aromatic N) is 1. The van der Waals surface area contributed by atoms with E-state index in [9.17, 15) is 18.0 Å². The lowest BCUT2D eigenvalue weighted by Gasteiger charge is -2.10. The molecule has 0 unspecified atom stereocenters. The normalized spacial score (nSPS) is 11.5. The molecule has 0 spiro atoms. The summed E-state index contributed by atoms with van der Waals surface area (Å²) in [5, 5.41) is 9.37. The number of aromatic carboxylic acids is 1. The third kappa shape index (κ3) is 3.12. The van der Waals surface area contributed by atoms with E-state index in [2.05, 4.69) is 9.72 Å². The van der Waals surface area contributed by atoms with Crippen molar-refractivity contribution in [1.82, 2.24) is 4.98 Å². The van der Waals surface area contributed by atoms with Crippen molar-refractivity contribution in [3.8, 4) is 5.88 Å². The summed E-state index contributed by atoms with van der Waals surface area (Å²) in [4.78, 5) is 14.9. The average Bonchev–Trinajstić information content (AvgIpc) is 2.34. The quantitative estimate of drug-likeness (QED) is 0.932. The number of halogens is 3. The van der Waals surface area contributed by atoms with Crippen LogP contribution in [0.2, 0.25) is 0 Å². The number of fused-ring (bicyclic) bond motifs is 1. The van der Waals surface area contributed by atoms with Crippen LogP contribution < -0.4 is 4.74 Å². The second-order valence-electron chi connectivity index (χ2n) is 3.73. The first-order valence-corrected chi connectivity index (χ1v) is 5.19. The van der Waals surface area contributed by atoms with E-state index in [1.165, 1.54) is 12.1 Å². The molecule has 0 radical (unpaired) electrons. The molecule has 2 rings (SSSR count). The molecule has 1 aromatic carbocycles. The van der Waals surface area contributed by atoms with Crippen molar-refractivity contribution >= 4 is 16.9 Å². The fraction of sp³-hybridized carbons (Fsp3) is 0.167. The smallest absolute Gasteiger partial charge is 0.422 e. The minimum Gasteiger partial charge on any atom is -0.478 e. The first-order valence-electron chi connectivity index (χ1n) is 5.19. The van der Waals surface area contributed by atoms with E-state index in [4.69, 9.17) is 5.11 Å². The highest BCUT2D eigenvalue weighted by Gasteiger charge is 2.29. The number of alkyl halides is 3. The largest absolute Gasteiger partial charge is 0.478 e. The molecule has 7 heteroatoms. The van der Waals surface area contributed by atoms with E-state index < -0.39 is 18.8 Å². The lowest BCUT2D eigenvalue weighted by molar-refractivity contribution is -0.154. The molecule has 1 aromatic heterocycles. The Labute approximate surface area is 105 Å². The van der Waals surface area contributed by atoms with Crippen molar-refractivity contribution in [2.75, 3.05) is 6.61 Å². The van der Waals surface area contributed by atoms with Crippen molar-refractivity contribution < 1.29 is 27.8 Å². The Morgan fingerprint density at radius 3 is 2.63 bits per heavy atom. The molecule has 4 nitrogen and oxygen atoms in total. The standard InChI is InChI=1S/C12H8F3NO3/c13-12(14,15)6-19-10-5-8(11(17)18)7-3-1-2-4-9(7)16-10/h1-5H,6H2,(H,17,18). The Balaban J connectivity index is 2.44. The monoisotopic (exact) mass is 271 g/mol. The van der Waals surface area contributed by atoms with E-state index in [1.807, 2.05) is 0 Å². The van der Waals surface area contributed by atoms with Gasteiger partial charge in [-0.15, -0.1) is 0 Å². The first kappa shape index (κ1) is 13.1. The molecule has 100 valence electrons. The fourth-order valence-corrected chi connectivity index (χ4v) is 1.56. The molecular weight excluding hydrogens is 263 g/mol. The minimum atomic E-state index is -4.50. The highest BCUT2D eigenvalue weighted by Crippen LogP contribution is 2.23. The van der Waals surface area contributed by atoms with E-state index in [-0.39, 0.29) is 17.0 Å². The Hall–Kier alpha value is -2.31. The summed E-state index contributed by atoms with van der Waals surface area (Å²) in [6.45, 7) is -1.52. The van der Waals surface area contributed by atoms with Gasteiger partial charge in [0, 0.05) is 11.5 Å². The number of pyridine rings is 1. The molecular formula is C12H8F3NO3. The summed E-state index contributed by atoms with van der Waals surface area (Å²) in [5.74, 6) is -1.62. The van der Waals surface area contributed by atoms with E-state index in [1.54, 1.807) is 12.1 Å². The van der Waals surface area contributed by atoms with Crippen LogP contribution in [0.15, 0.2) is 30.3 Å². The lowest BCUT2D eigenvalue weighted by atomic mass is 10.1. The summed E-state index contributed by atoms with van der Waals surface area (Å²) in [5.41, 5.74) is 0.113. The number of carbonyl (C=O) groups is 1. The Bertz CT molecular complexity index is 625. The predicted molar refractivity (Wildman–Crippen MR) is 60.3 cm³/mol. The van der Waals surface area contributed by atoms with Crippen LogP contribution in [0.25, 0.3) is 10.9 Å². The molecule has 0 atom stereocenters. The van der Waals surface area contributed by atoms with Gasteiger partial charge in [-0.25, -0.2) is 9.78 Å². The van der Waals surface area contributed by atoms with E-state index in [0.29, 0.717) is 5.39 Å². The Morgan fingerprint density at radius 2 is 2.00 bits per heavy atom. The van der Waals surface area contributed by atoms with Crippen molar-refractivity contribution in [2.45, 2.75) is 6.18 Å². The predicted octanol–water partition coefficient (Wildman–Crippen LogP) is 2.87. The zero-order valence-corrected chi connectivity index (χ0v) is 9.44. The maximum absolute atomic E-state index is 12.0. The molecule has 0 fully saturated rings. The van der Waals surface area contributed by atoms with E-state index >= 15 is 0 Å². The number of rotatable bonds is 3. The fourth-order valence-electron chi connectivity index (χ4n) is 1.56. The SMILES string of the molecule is O=C(O)c1cc(OCC(F)(F)F)nc2ccccc12. The number of hydrogen-bond donors (Lipinski definition) is 1. The topological polar surface area (TPSA) is 59.4 Å². The maximum atomic E-state index is 12.0. The minimum absolute atomic E-state index is 0.150. The van der Waals surface area contributed by atoms with Crippen molar-refractivity contribution in [3.05, 3.63) is 35.9 Å². The van der Waals surface area contributed by atoms with E-state index in [0.717, 1.165) is 6.07 Å². The van der Waals surface area contributed by atoms with Crippen LogP contribution in [0, 0.1) is 0 Å². The number of carboxylic acids is 1. The van der Waals surface area contributed by atoms with Gasteiger partial charge in [-0.05, 0) is 6.07 Å². The van der Waals surface area contributed by atoms with Gasteiger partial charge in [0.05, 0.1) is 11.1 Å². The van der Waals surface area contributed by atoms with Crippen LogP contribution in [0.1, 0.15) is 10.4 Å². The Kier molecular flexibility index (Phi) is 3.28. The molecule has 0 aliphatic carbocycles. The molecule has 0 bridgehead atoms. The van der Waals surface area contributed by atoms with Gasteiger partial charge in [0.1, 0.15) is 0 Å². The number of benzene rings is 1. The van der Waals surface area contributed by atoms with Crippen LogP contribution in [-0.2, 0) is 0 Å². The van der Waals surface area contributed by atoms with Crippen LogP contribution >= 0.6 is 0 Å². The molecule has 0 aliphatic rings. The van der Waals surface area contributed by atoms with Crippen LogP contribution in [0.5, 0.6) is 5.88 Å². The lowest BCUT2D eigenvalue weighted by Crippen LogP contribution is -2.19. The second kappa shape index (κ2) is 4.75. The van der Waals surface area contributed by atoms with Gasteiger partial charge < -0.3 is 9.84 Å². The highest BCUT2D eigenvalue weighted by atomic mass is 19.4. The summed E-state index contributed by atoms with van der Waals surface area (Å²) in [7, 11) is 0. The highest BCUT2D eigenvalue weighted by molar-refractivity contribution is 6.02. The average molecular weight is 271 g/mol. The van der Waals surface area contributed by atoms with Gasteiger partial charge >= 0.3 is 12.1 Å². The molecule has 0 aliphatic heterocycles. The van der Waals surface area contributed by atoms with Crippen molar-refractivity contribution in [3.63, 3.8) is 0 Å². The van der Waals surface area contributed by atoms with Gasteiger partial charge in [-0.3, -0.25) is 0 Å². The van der Waals surface area contributed by atoms with Gasteiger partial charge in [0.25, 0.3) is 0 Å². The maximum Gasteiger partial charge on any atom is 0.422 e.